The van der Waals surface area contributed by atoms with Crippen molar-refractivity contribution in [2.75, 3.05) is 0 Å². The topological polar surface area (TPSA) is 51.2 Å². The van der Waals surface area contributed by atoms with E-state index in [9.17, 15) is 14.4 Å². The Morgan fingerprint density at radius 3 is 2.23 bits per heavy atom. The van der Waals surface area contributed by atoms with E-state index in [0.29, 0.717) is 5.57 Å². The van der Waals surface area contributed by atoms with Crippen molar-refractivity contribution in [3.8, 4) is 0 Å². The molecule has 5 aliphatic rings. The maximum Gasteiger partial charge on any atom is 0.189 e. The van der Waals surface area contributed by atoms with Gasteiger partial charge in [-0.3, -0.25) is 14.4 Å². The summed E-state index contributed by atoms with van der Waals surface area (Å²) in [6.07, 6.45) is 12.5. The molecule has 0 aliphatic heterocycles. The molecule has 0 saturated heterocycles. The minimum absolute atomic E-state index is 0.0444. The van der Waals surface area contributed by atoms with Crippen molar-refractivity contribution in [3.05, 3.63) is 35.5 Å². The summed E-state index contributed by atoms with van der Waals surface area (Å²) in [5.74, 6) is -0.268. The van der Waals surface area contributed by atoms with E-state index >= 15 is 0 Å². The normalized spacial score (nSPS) is 40.8. The lowest BCUT2D eigenvalue weighted by atomic mass is 9.60. The van der Waals surface area contributed by atoms with Gasteiger partial charge in [-0.15, -0.1) is 0 Å². The maximum atomic E-state index is 13.3. The van der Waals surface area contributed by atoms with E-state index in [-0.39, 0.29) is 52.0 Å². The third-order valence-corrected chi connectivity index (χ3v) is 6.60. The van der Waals surface area contributed by atoms with E-state index in [1.807, 2.05) is 6.08 Å². The predicted molar refractivity (Wildman–Crippen MR) is 79.8 cm³/mol. The summed E-state index contributed by atoms with van der Waals surface area (Å²) in [4.78, 5) is 38.7. The SMILES string of the molecule is O=C1C=CC2(CCCC2)C2=C1C(=O)C1C(C2=O)[C@H]2C=C[C@@H]1C2. The first-order chi connectivity index (χ1) is 10.6. The number of hydrogen-bond acceptors (Lipinski definition) is 3. The average molecular weight is 294 g/mol. The van der Waals surface area contributed by atoms with Gasteiger partial charge in [-0.2, -0.15) is 0 Å². The molecule has 4 atom stereocenters. The fraction of sp³-hybridized carbons (Fsp3) is 0.526. The van der Waals surface area contributed by atoms with Crippen molar-refractivity contribution >= 4 is 17.3 Å². The molecule has 0 radical (unpaired) electrons. The monoisotopic (exact) mass is 294 g/mol. The van der Waals surface area contributed by atoms with E-state index in [0.717, 1.165) is 32.1 Å². The summed E-state index contributed by atoms with van der Waals surface area (Å²) < 4.78 is 0. The van der Waals surface area contributed by atoms with Crippen LogP contribution in [0.15, 0.2) is 35.5 Å². The molecule has 3 heteroatoms. The minimum atomic E-state index is -0.327. The molecule has 0 aromatic heterocycles. The van der Waals surface area contributed by atoms with Crippen LogP contribution in [-0.2, 0) is 14.4 Å². The van der Waals surface area contributed by atoms with Crippen LogP contribution in [-0.4, -0.2) is 17.3 Å². The Bertz CT molecular complexity index is 715. The quantitative estimate of drug-likeness (QED) is 0.509. The fourth-order valence-corrected chi connectivity index (χ4v) is 5.68. The zero-order chi connectivity index (χ0) is 15.1. The molecule has 5 rings (SSSR count). The van der Waals surface area contributed by atoms with Crippen LogP contribution in [0.4, 0.5) is 0 Å². The van der Waals surface area contributed by atoms with Crippen LogP contribution >= 0.6 is 0 Å². The molecule has 0 aromatic rings. The van der Waals surface area contributed by atoms with E-state index in [2.05, 4.69) is 12.2 Å². The van der Waals surface area contributed by atoms with Gasteiger partial charge in [0.15, 0.2) is 17.3 Å². The summed E-state index contributed by atoms with van der Waals surface area (Å²) in [6, 6.07) is 0. The molecule has 5 aliphatic carbocycles. The second-order valence-electron chi connectivity index (χ2n) is 7.54. The third-order valence-electron chi connectivity index (χ3n) is 6.60. The molecule has 22 heavy (non-hydrogen) atoms. The minimum Gasteiger partial charge on any atom is -0.294 e. The number of allylic oxidation sites excluding steroid dienone is 6. The number of fused-ring (bicyclic) bond motifs is 6. The van der Waals surface area contributed by atoms with Crippen molar-refractivity contribution in [2.45, 2.75) is 32.1 Å². The molecule has 0 heterocycles. The largest absolute Gasteiger partial charge is 0.294 e. The summed E-state index contributed by atoms with van der Waals surface area (Å²) in [6.45, 7) is 0. The molecule has 2 bridgehead atoms. The third kappa shape index (κ3) is 1.31. The van der Waals surface area contributed by atoms with Crippen LogP contribution in [0.1, 0.15) is 32.1 Å². The smallest absolute Gasteiger partial charge is 0.189 e. The van der Waals surface area contributed by atoms with Crippen molar-refractivity contribution in [1.29, 1.82) is 0 Å². The Morgan fingerprint density at radius 2 is 1.55 bits per heavy atom. The highest BCUT2D eigenvalue weighted by Crippen LogP contribution is 2.58. The first kappa shape index (κ1) is 12.7. The second kappa shape index (κ2) is 3.95. The predicted octanol–water partition coefficient (Wildman–Crippen LogP) is 2.57. The zero-order valence-corrected chi connectivity index (χ0v) is 12.4. The van der Waals surface area contributed by atoms with Gasteiger partial charge in [0, 0.05) is 22.8 Å². The molecule has 3 nitrogen and oxygen atoms in total. The molecule has 2 unspecified atom stereocenters. The van der Waals surface area contributed by atoms with Crippen molar-refractivity contribution in [2.24, 2.45) is 29.1 Å². The van der Waals surface area contributed by atoms with E-state index < -0.39 is 0 Å². The maximum absolute atomic E-state index is 13.3. The molecule has 2 saturated carbocycles. The van der Waals surface area contributed by atoms with Gasteiger partial charge < -0.3 is 0 Å². The van der Waals surface area contributed by atoms with Gasteiger partial charge in [0.25, 0.3) is 0 Å². The zero-order valence-electron chi connectivity index (χ0n) is 12.4. The van der Waals surface area contributed by atoms with Gasteiger partial charge in [0.2, 0.25) is 0 Å². The number of carbonyl (C=O) groups excluding carboxylic acids is 3. The Kier molecular flexibility index (Phi) is 2.29. The molecule has 0 aromatic carbocycles. The Morgan fingerprint density at radius 1 is 0.909 bits per heavy atom. The van der Waals surface area contributed by atoms with Gasteiger partial charge in [-0.05, 0) is 37.2 Å². The van der Waals surface area contributed by atoms with Crippen LogP contribution in [0.2, 0.25) is 0 Å². The van der Waals surface area contributed by atoms with E-state index in [1.165, 1.54) is 0 Å². The fourth-order valence-electron chi connectivity index (χ4n) is 5.68. The highest BCUT2D eigenvalue weighted by atomic mass is 16.2. The second-order valence-corrected chi connectivity index (χ2v) is 7.54. The van der Waals surface area contributed by atoms with Gasteiger partial charge in [-0.25, -0.2) is 0 Å². The van der Waals surface area contributed by atoms with Gasteiger partial charge in [0.05, 0.1) is 5.57 Å². The highest BCUT2D eigenvalue weighted by Gasteiger charge is 2.59. The molecular weight excluding hydrogens is 276 g/mol. The number of hydrogen-bond donors (Lipinski definition) is 0. The Labute approximate surface area is 129 Å². The van der Waals surface area contributed by atoms with E-state index in [4.69, 9.17) is 0 Å². The van der Waals surface area contributed by atoms with Crippen LogP contribution in [0.3, 0.4) is 0 Å². The summed E-state index contributed by atoms with van der Waals surface area (Å²) in [5, 5.41) is 0. The molecule has 2 fully saturated rings. The van der Waals surface area contributed by atoms with Crippen molar-refractivity contribution < 1.29 is 14.4 Å². The Balaban J connectivity index is 1.72. The number of ketones is 3. The van der Waals surface area contributed by atoms with Gasteiger partial charge >= 0.3 is 0 Å². The number of carbonyl (C=O) groups is 3. The molecule has 0 amide bonds. The van der Waals surface area contributed by atoms with Crippen LogP contribution in [0, 0.1) is 29.1 Å². The van der Waals surface area contributed by atoms with Gasteiger partial charge in [-0.1, -0.05) is 31.1 Å². The average Bonchev–Trinajstić information content (AvgIpc) is 3.22. The lowest BCUT2D eigenvalue weighted by Crippen LogP contribution is -2.46. The lowest BCUT2D eigenvalue weighted by Gasteiger charge is -2.40. The van der Waals surface area contributed by atoms with E-state index in [1.54, 1.807) is 6.08 Å². The number of Topliss-reactive ketones (excluding diaryl/α,β-unsaturated/α-hetero) is 2. The van der Waals surface area contributed by atoms with Crippen LogP contribution in [0.5, 0.6) is 0 Å². The molecule has 112 valence electrons. The van der Waals surface area contributed by atoms with Crippen LogP contribution < -0.4 is 0 Å². The lowest BCUT2D eigenvalue weighted by molar-refractivity contribution is -0.133. The first-order valence-electron chi connectivity index (χ1n) is 8.37. The van der Waals surface area contributed by atoms with Crippen LogP contribution in [0.25, 0.3) is 0 Å². The first-order valence-corrected chi connectivity index (χ1v) is 8.37. The summed E-state index contributed by atoms with van der Waals surface area (Å²) in [7, 11) is 0. The number of rotatable bonds is 0. The van der Waals surface area contributed by atoms with Gasteiger partial charge in [0.1, 0.15) is 0 Å². The summed E-state index contributed by atoms with van der Waals surface area (Å²) in [5.41, 5.74) is 0.508. The molecule has 1 spiro atoms. The molecular formula is C19H18O3. The van der Waals surface area contributed by atoms with Crippen molar-refractivity contribution in [1.82, 2.24) is 0 Å². The molecule has 0 N–H and O–H groups in total. The standard InChI is InChI=1S/C19H18O3/c20-12-5-8-19(6-1-2-7-19)16-15(12)17(21)13-10-3-4-11(9-10)14(13)18(16)22/h3-5,8,10-11,13-14H,1-2,6-7,9H2/t10-,11+,13?,14?/m1/s1. The van der Waals surface area contributed by atoms with Crippen molar-refractivity contribution in [3.63, 3.8) is 0 Å². The Hall–Kier alpha value is -1.77. The summed E-state index contributed by atoms with van der Waals surface area (Å²) >= 11 is 0. The highest BCUT2D eigenvalue weighted by molar-refractivity contribution is 6.32.